The molecule has 0 saturated heterocycles. The van der Waals surface area contributed by atoms with Crippen LogP contribution in [0.2, 0.25) is 0 Å². The SMILES string of the molecule is C1=Cc2nc1c(-c1ccc(-c3nc4ccccc4s3)cc1)c1ccc([nH]1)c(-c1cccnc1)c1nc(c(-c3cccnc3)c3ccc([nH]3)c2-c2cccnc2)C=C1. The predicted molar refractivity (Wildman–Crippen MR) is 233 cm³/mol. The van der Waals surface area contributed by atoms with Crippen molar-refractivity contribution < 1.29 is 0 Å². The minimum Gasteiger partial charge on any atom is -0.354 e. The van der Waals surface area contributed by atoms with Crippen LogP contribution in [-0.2, 0) is 0 Å². The maximum atomic E-state index is 5.40. The van der Waals surface area contributed by atoms with Crippen LogP contribution in [-0.4, -0.2) is 39.9 Å². The lowest BCUT2D eigenvalue weighted by molar-refractivity contribution is 1.28. The number of fused-ring (bicyclic) bond motifs is 9. The van der Waals surface area contributed by atoms with Crippen LogP contribution < -0.4 is 0 Å². The number of nitrogens with one attached hydrogen (secondary N) is 2. The van der Waals surface area contributed by atoms with Crippen LogP contribution in [0.25, 0.3) is 112 Å². The van der Waals surface area contributed by atoms with Gasteiger partial charge in [-0.05, 0) is 84.5 Å². The normalized spacial score (nSPS) is 12.1. The lowest BCUT2D eigenvalue weighted by atomic mass is 10.0. The molecule has 9 aromatic rings. The minimum atomic E-state index is 0.823. The molecule has 9 heteroatoms. The Balaban J connectivity index is 1.23. The zero-order chi connectivity index (χ0) is 37.7. The van der Waals surface area contributed by atoms with Crippen LogP contribution in [0.5, 0.6) is 0 Å². The molecule has 0 fully saturated rings. The third-order valence-corrected chi connectivity index (χ3v) is 11.4. The molecule has 57 heavy (non-hydrogen) atoms. The van der Waals surface area contributed by atoms with Gasteiger partial charge in [0.15, 0.2) is 0 Å². The van der Waals surface area contributed by atoms with Crippen LogP contribution in [0.1, 0.15) is 22.8 Å². The average molecular weight is 751 g/mol. The van der Waals surface area contributed by atoms with Gasteiger partial charge < -0.3 is 9.97 Å². The van der Waals surface area contributed by atoms with Crippen molar-refractivity contribution in [1.82, 2.24) is 39.9 Å². The fraction of sp³-hybridized carbons (Fsp3) is 0. The van der Waals surface area contributed by atoms with E-state index in [0.717, 1.165) is 105 Å². The highest BCUT2D eigenvalue weighted by molar-refractivity contribution is 7.21. The molecule has 8 bridgehead atoms. The van der Waals surface area contributed by atoms with E-state index in [1.165, 1.54) is 4.70 Å². The Bertz CT molecular complexity index is 3150. The summed E-state index contributed by atoms with van der Waals surface area (Å²) in [6.45, 7) is 0. The number of aromatic nitrogens is 8. The first-order valence-electron chi connectivity index (χ1n) is 18.6. The highest BCUT2D eigenvalue weighted by atomic mass is 32.1. The second kappa shape index (κ2) is 13.6. The van der Waals surface area contributed by atoms with Crippen LogP contribution in [0.4, 0.5) is 0 Å². The maximum Gasteiger partial charge on any atom is 0.124 e. The summed E-state index contributed by atoms with van der Waals surface area (Å²) in [5.74, 6) is 0. The van der Waals surface area contributed by atoms with Gasteiger partial charge in [-0.1, -0.05) is 54.6 Å². The molecule has 0 amide bonds. The van der Waals surface area contributed by atoms with Gasteiger partial charge in [-0.2, -0.15) is 0 Å². The lowest BCUT2D eigenvalue weighted by Gasteiger charge is -2.07. The fourth-order valence-corrected chi connectivity index (χ4v) is 8.70. The highest BCUT2D eigenvalue weighted by Crippen LogP contribution is 2.39. The van der Waals surface area contributed by atoms with Crippen molar-refractivity contribution in [1.29, 1.82) is 0 Å². The van der Waals surface area contributed by atoms with Crippen molar-refractivity contribution in [2.75, 3.05) is 0 Å². The van der Waals surface area contributed by atoms with Crippen molar-refractivity contribution in [3.8, 4) is 55.1 Å². The Kier molecular flexibility index (Phi) is 7.82. The molecule has 0 radical (unpaired) electrons. The number of para-hydroxylation sites is 1. The van der Waals surface area contributed by atoms with Gasteiger partial charge in [-0.15, -0.1) is 11.3 Å². The Morgan fingerprint density at radius 3 is 1.21 bits per heavy atom. The first kappa shape index (κ1) is 32.8. The highest BCUT2D eigenvalue weighted by Gasteiger charge is 2.19. The summed E-state index contributed by atoms with van der Waals surface area (Å²) in [6.07, 6.45) is 19.4. The van der Waals surface area contributed by atoms with E-state index in [1.54, 1.807) is 29.9 Å². The molecule has 11 rings (SSSR count). The molecule has 2 aromatic carbocycles. The Morgan fingerprint density at radius 1 is 0.368 bits per heavy atom. The van der Waals surface area contributed by atoms with Gasteiger partial charge in [0.25, 0.3) is 0 Å². The molecular formula is C48H30N8S. The van der Waals surface area contributed by atoms with E-state index in [-0.39, 0.29) is 0 Å². The van der Waals surface area contributed by atoms with Crippen LogP contribution in [0.3, 0.4) is 0 Å². The van der Waals surface area contributed by atoms with Gasteiger partial charge in [0.05, 0.1) is 33.0 Å². The van der Waals surface area contributed by atoms with Crippen molar-refractivity contribution in [2.24, 2.45) is 0 Å². The molecule has 2 N–H and O–H groups in total. The van der Waals surface area contributed by atoms with Gasteiger partial charge in [-0.25, -0.2) is 15.0 Å². The van der Waals surface area contributed by atoms with Crippen LogP contribution in [0, 0.1) is 0 Å². The van der Waals surface area contributed by atoms with Crippen molar-refractivity contribution in [3.05, 3.63) is 169 Å². The van der Waals surface area contributed by atoms with E-state index in [9.17, 15) is 0 Å². The molecular weight excluding hydrogens is 721 g/mol. The molecule has 7 aromatic heterocycles. The largest absolute Gasteiger partial charge is 0.354 e. The summed E-state index contributed by atoms with van der Waals surface area (Å²) in [5, 5.41) is 0.990. The molecule has 0 aliphatic carbocycles. The van der Waals surface area contributed by atoms with Crippen LogP contribution in [0.15, 0.2) is 146 Å². The van der Waals surface area contributed by atoms with Crippen molar-refractivity contribution >= 4 is 67.9 Å². The number of aromatic amines is 2. The van der Waals surface area contributed by atoms with E-state index < -0.39 is 0 Å². The van der Waals surface area contributed by atoms with Crippen molar-refractivity contribution in [3.63, 3.8) is 0 Å². The standard InChI is InChI=1S/C48H30N8S/c1-2-10-43-34(9-1)56-48(57-43)30-13-11-29(12-14-30)44-35-15-17-37(52-35)45(31-6-3-23-49-26-31)39-19-21-41(54-39)47(33-8-5-25-51-28-33)42-22-20-40(55-42)46(32-7-4-24-50-27-32)38-18-16-36(44)53-38/h1-28,52,55H. The number of H-pyrrole nitrogens is 2. The summed E-state index contributed by atoms with van der Waals surface area (Å²) in [7, 11) is 0. The first-order chi connectivity index (χ1) is 28.2. The van der Waals surface area contributed by atoms with E-state index in [0.29, 0.717) is 0 Å². The van der Waals surface area contributed by atoms with Gasteiger partial charge >= 0.3 is 0 Å². The maximum absolute atomic E-state index is 5.40. The number of pyridine rings is 3. The Hall–Kier alpha value is -7.62. The number of hydrogen-bond acceptors (Lipinski definition) is 7. The smallest absolute Gasteiger partial charge is 0.124 e. The molecule has 0 atom stereocenters. The monoisotopic (exact) mass is 750 g/mol. The third-order valence-electron chi connectivity index (χ3n) is 10.3. The first-order valence-corrected chi connectivity index (χ1v) is 19.4. The topological polar surface area (TPSA) is 109 Å². The fourth-order valence-electron chi connectivity index (χ4n) is 7.73. The molecule has 2 aliphatic rings. The number of hydrogen-bond donors (Lipinski definition) is 2. The van der Waals surface area contributed by atoms with E-state index in [4.69, 9.17) is 15.0 Å². The van der Waals surface area contributed by atoms with Crippen molar-refractivity contribution in [2.45, 2.75) is 0 Å². The number of rotatable bonds is 5. The van der Waals surface area contributed by atoms with Gasteiger partial charge in [0, 0.05) is 104 Å². The zero-order valence-corrected chi connectivity index (χ0v) is 31.1. The molecule has 0 saturated carbocycles. The van der Waals surface area contributed by atoms with E-state index in [2.05, 4.69) is 134 Å². The summed E-state index contributed by atoms with van der Waals surface area (Å²) in [5.41, 5.74) is 16.7. The Morgan fingerprint density at radius 2 is 0.789 bits per heavy atom. The third kappa shape index (κ3) is 5.85. The molecule has 0 unspecified atom stereocenters. The van der Waals surface area contributed by atoms with Crippen LogP contribution >= 0.6 is 11.3 Å². The summed E-state index contributed by atoms with van der Waals surface area (Å²) in [6, 6.07) is 37.5. The molecule has 268 valence electrons. The van der Waals surface area contributed by atoms with E-state index >= 15 is 0 Å². The number of nitrogens with zero attached hydrogens (tertiary/aromatic N) is 6. The second-order valence-electron chi connectivity index (χ2n) is 13.8. The quantitative estimate of drug-likeness (QED) is 0.181. The zero-order valence-electron chi connectivity index (χ0n) is 30.3. The summed E-state index contributed by atoms with van der Waals surface area (Å²) < 4.78 is 1.17. The average Bonchev–Trinajstić information content (AvgIpc) is 4.13. The van der Waals surface area contributed by atoms with Gasteiger partial charge in [-0.3, -0.25) is 15.0 Å². The minimum absolute atomic E-state index is 0.823. The van der Waals surface area contributed by atoms with E-state index in [1.807, 2.05) is 42.9 Å². The van der Waals surface area contributed by atoms with Gasteiger partial charge in [0.1, 0.15) is 5.01 Å². The molecule has 2 aliphatic heterocycles. The lowest BCUT2D eigenvalue weighted by Crippen LogP contribution is -1.90. The Labute approximate surface area is 330 Å². The molecule has 8 nitrogen and oxygen atoms in total. The summed E-state index contributed by atoms with van der Waals surface area (Å²) in [4.78, 5) is 36.7. The number of thiazole rings is 1. The molecule has 0 spiro atoms. The second-order valence-corrected chi connectivity index (χ2v) is 14.8. The summed E-state index contributed by atoms with van der Waals surface area (Å²) >= 11 is 1.70. The number of benzene rings is 2. The van der Waals surface area contributed by atoms with Gasteiger partial charge in [0.2, 0.25) is 0 Å². The molecule has 9 heterocycles. The predicted octanol–water partition coefficient (Wildman–Crippen LogP) is 11.8.